The second-order valence-electron chi connectivity index (χ2n) is 10.2. The first kappa shape index (κ1) is 26.9. The van der Waals surface area contributed by atoms with Gasteiger partial charge in [0.05, 0.1) is 11.4 Å². The summed E-state index contributed by atoms with van der Waals surface area (Å²) < 4.78 is 1.73. The number of carbonyl (C=O) groups is 2. The minimum absolute atomic E-state index is 0.155. The molecule has 0 bridgehead atoms. The standard InChI is InChI=1S/C30H32ClN5O2/c1-21-10-16-25(17-11-21)36-27(18-26(34-36)30(2,3)4)33-28(37)20-35(19-22-8-6-5-7-9-22)29(38)32-24-14-12-23(31)13-15-24/h5-18H,19-20H2,1-4H3,(H,32,38)(H,33,37). The van der Waals surface area contributed by atoms with Crippen LogP contribution in [-0.2, 0) is 16.8 Å². The van der Waals surface area contributed by atoms with Crippen molar-refractivity contribution in [1.82, 2.24) is 14.7 Å². The van der Waals surface area contributed by atoms with E-state index >= 15 is 0 Å². The predicted molar refractivity (Wildman–Crippen MR) is 153 cm³/mol. The number of benzene rings is 3. The summed E-state index contributed by atoms with van der Waals surface area (Å²) in [6.45, 7) is 8.35. The monoisotopic (exact) mass is 529 g/mol. The van der Waals surface area contributed by atoms with Gasteiger partial charge in [0, 0.05) is 28.7 Å². The van der Waals surface area contributed by atoms with Crippen molar-refractivity contribution < 1.29 is 9.59 Å². The Hall–Kier alpha value is -4.10. The molecule has 3 amide bonds. The van der Waals surface area contributed by atoms with E-state index in [0.717, 1.165) is 22.5 Å². The fourth-order valence-electron chi connectivity index (χ4n) is 3.81. The van der Waals surface area contributed by atoms with Crippen LogP contribution in [0.5, 0.6) is 0 Å². The number of aromatic nitrogens is 2. The minimum atomic E-state index is -0.395. The van der Waals surface area contributed by atoms with Crippen molar-refractivity contribution in [2.45, 2.75) is 39.7 Å². The maximum Gasteiger partial charge on any atom is 0.322 e. The van der Waals surface area contributed by atoms with Gasteiger partial charge in [-0.3, -0.25) is 4.79 Å². The van der Waals surface area contributed by atoms with Gasteiger partial charge in [-0.1, -0.05) is 80.4 Å². The van der Waals surface area contributed by atoms with Crippen LogP contribution in [0.1, 0.15) is 37.6 Å². The largest absolute Gasteiger partial charge is 0.322 e. The molecule has 0 aliphatic heterocycles. The highest BCUT2D eigenvalue weighted by molar-refractivity contribution is 6.30. The first-order valence-corrected chi connectivity index (χ1v) is 12.8. The van der Waals surface area contributed by atoms with E-state index in [1.807, 2.05) is 67.6 Å². The van der Waals surface area contributed by atoms with E-state index in [2.05, 4.69) is 31.4 Å². The molecular formula is C30H32ClN5O2. The van der Waals surface area contributed by atoms with Gasteiger partial charge in [-0.15, -0.1) is 0 Å². The highest BCUT2D eigenvalue weighted by Crippen LogP contribution is 2.26. The number of hydrogen-bond acceptors (Lipinski definition) is 3. The molecule has 2 N–H and O–H groups in total. The number of halogens is 1. The van der Waals surface area contributed by atoms with Gasteiger partial charge in [0.2, 0.25) is 5.91 Å². The van der Waals surface area contributed by atoms with Gasteiger partial charge < -0.3 is 15.5 Å². The first-order valence-electron chi connectivity index (χ1n) is 12.4. The van der Waals surface area contributed by atoms with Crippen LogP contribution in [-0.4, -0.2) is 33.2 Å². The van der Waals surface area contributed by atoms with E-state index in [1.165, 1.54) is 4.90 Å². The Morgan fingerprint density at radius 2 is 1.58 bits per heavy atom. The van der Waals surface area contributed by atoms with Crippen LogP contribution >= 0.6 is 11.6 Å². The van der Waals surface area contributed by atoms with Crippen LogP contribution in [0.25, 0.3) is 5.69 Å². The fourth-order valence-corrected chi connectivity index (χ4v) is 3.94. The molecule has 196 valence electrons. The lowest BCUT2D eigenvalue weighted by atomic mass is 9.92. The van der Waals surface area contributed by atoms with Gasteiger partial charge in [-0.05, 0) is 48.9 Å². The molecule has 3 aromatic carbocycles. The highest BCUT2D eigenvalue weighted by atomic mass is 35.5. The summed E-state index contributed by atoms with van der Waals surface area (Å²) in [5.74, 6) is 0.211. The molecule has 0 atom stereocenters. The molecule has 0 fully saturated rings. The molecule has 0 unspecified atom stereocenters. The molecular weight excluding hydrogens is 498 g/mol. The van der Waals surface area contributed by atoms with Crippen LogP contribution in [0, 0.1) is 6.92 Å². The summed E-state index contributed by atoms with van der Waals surface area (Å²) in [5, 5.41) is 11.2. The number of nitrogens with one attached hydrogen (secondary N) is 2. The topological polar surface area (TPSA) is 79.3 Å². The maximum absolute atomic E-state index is 13.3. The quantitative estimate of drug-likeness (QED) is 0.276. The summed E-state index contributed by atoms with van der Waals surface area (Å²) in [6.07, 6.45) is 0. The molecule has 1 aromatic heterocycles. The van der Waals surface area contributed by atoms with E-state index in [1.54, 1.807) is 28.9 Å². The number of carbonyl (C=O) groups excluding carboxylic acids is 2. The number of urea groups is 1. The molecule has 0 saturated carbocycles. The molecule has 8 heteroatoms. The number of nitrogens with zero attached hydrogens (tertiary/aromatic N) is 3. The third-order valence-corrected chi connectivity index (χ3v) is 6.21. The highest BCUT2D eigenvalue weighted by Gasteiger charge is 2.23. The van der Waals surface area contributed by atoms with Crippen LogP contribution in [0.2, 0.25) is 5.02 Å². The number of amides is 3. The van der Waals surface area contributed by atoms with Crippen molar-refractivity contribution in [3.63, 3.8) is 0 Å². The number of aryl methyl sites for hydroxylation is 1. The van der Waals surface area contributed by atoms with Crippen molar-refractivity contribution in [1.29, 1.82) is 0 Å². The third kappa shape index (κ3) is 7.01. The van der Waals surface area contributed by atoms with Crippen molar-refractivity contribution in [2.75, 3.05) is 17.2 Å². The lowest BCUT2D eigenvalue weighted by Gasteiger charge is -2.23. The molecule has 4 aromatic rings. The first-order chi connectivity index (χ1) is 18.1. The average molecular weight is 530 g/mol. The summed E-state index contributed by atoms with van der Waals surface area (Å²) in [5.41, 5.74) is 4.09. The Balaban J connectivity index is 1.57. The molecule has 0 radical (unpaired) electrons. The SMILES string of the molecule is Cc1ccc(-n2nc(C(C)(C)C)cc2NC(=O)CN(Cc2ccccc2)C(=O)Nc2ccc(Cl)cc2)cc1. The van der Waals surface area contributed by atoms with Gasteiger partial charge in [0.1, 0.15) is 12.4 Å². The molecule has 4 rings (SSSR count). The Morgan fingerprint density at radius 1 is 0.921 bits per heavy atom. The molecule has 0 aliphatic rings. The zero-order chi connectivity index (χ0) is 27.3. The lowest BCUT2D eigenvalue weighted by molar-refractivity contribution is -0.116. The summed E-state index contributed by atoms with van der Waals surface area (Å²) in [6, 6.07) is 25.8. The Labute approximate surface area is 228 Å². The average Bonchev–Trinajstić information content (AvgIpc) is 3.30. The summed E-state index contributed by atoms with van der Waals surface area (Å²) >= 11 is 5.98. The van der Waals surface area contributed by atoms with Crippen molar-refractivity contribution in [3.8, 4) is 5.69 Å². The normalized spacial score (nSPS) is 11.2. The maximum atomic E-state index is 13.3. The van der Waals surface area contributed by atoms with Gasteiger partial charge >= 0.3 is 6.03 Å². The second kappa shape index (κ2) is 11.5. The van der Waals surface area contributed by atoms with Crippen molar-refractivity contribution >= 4 is 35.0 Å². The summed E-state index contributed by atoms with van der Waals surface area (Å²) in [4.78, 5) is 28.0. The Morgan fingerprint density at radius 3 is 2.21 bits per heavy atom. The van der Waals surface area contributed by atoms with E-state index < -0.39 is 6.03 Å². The molecule has 0 aliphatic carbocycles. The number of hydrogen-bond donors (Lipinski definition) is 2. The van der Waals surface area contributed by atoms with E-state index in [-0.39, 0.29) is 24.4 Å². The molecule has 38 heavy (non-hydrogen) atoms. The van der Waals surface area contributed by atoms with E-state index in [9.17, 15) is 9.59 Å². The van der Waals surface area contributed by atoms with Crippen LogP contribution < -0.4 is 10.6 Å². The van der Waals surface area contributed by atoms with E-state index in [4.69, 9.17) is 16.7 Å². The van der Waals surface area contributed by atoms with Crippen molar-refractivity contribution in [2.24, 2.45) is 0 Å². The van der Waals surface area contributed by atoms with Crippen LogP contribution in [0.4, 0.5) is 16.3 Å². The number of rotatable bonds is 7. The minimum Gasteiger partial charge on any atom is -0.311 e. The zero-order valence-electron chi connectivity index (χ0n) is 22.0. The molecule has 0 saturated heterocycles. The zero-order valence-corrected chi connectivity index (χ0v) is 22.8. The van der Waals surface area contributed by atoms with Crippen LogP contribution in [0.3, 0.4) is 0 Å². The lowest BCUT2D eigenvalue weighted by Crippen LogP contribution is -2.40. The summed E-state index contributed by atoms with van der Waals surface area (Å²) in [7, 11) is 0. The predicted octanol–water partition coefficient (Wildman–Crippen LogP) is 6.80. The molecule has 1 heterocycles. The molecule has 7 nitrogen and oxygen atoms in total. The van der Waals surface area contributed by atoms with Gasteiger partial charge in [-0.25, -0.2) is 9.48 Å². The van der Waals surface area contributed by atoms with E-state index in [0.29, 0.717) is 16.5 Å². The molecule has 0 spiro atoms. The number of anilines is 2. The van der Waals surface area contributed by atoms with Crippen molar-refractivity contribution in [3.05, 3.63) is 107 Å². The fraction of sp³-hybridized carbons (Fsp3) is 0.233. The van der Waals surface area contributed by atoms with Gasteiger partial charge in [0.25, 0.3) is 0 Å². The third-order valence-electron chi connectivity index (χ3n) is 5.96. The van der Waals surface area contributed by atoms with Gasteiger partial charge in [0.15, 0.2) is 0 Å². The van der Waals surface area contributed by atoms with Gasteiger partial charge in [-0.2, -0.15) is 5.10 Å². The Bertz CT molecular complexity index is 1390. The Kier molecular flexibility index (Phi) is 8.17. The van der Waals surface area contributed by atoms with Crippen LogP contribution in [0.15, 0.2) is 84.9 Å². The smallest absolute Gasteiger partial charge is 0.311 e. The second-order valence-corrected chi connectivity index (χ2v) is 10.7.